The number of sulfone groups is 1. The molecule has 0 aliphatic rings. The third kappa shape index (κ3) is 4.71. The molecule has 0 aromatic heterocycles. The van der Waals surface area contributed by atoms with Crippen molar-refractivity contribution >= 4 is 21.6 Å². The summed E-state index contributed by atoms with van der Waals surface area (Å²) in [5.41, 5.74) is 0.380. The first-order valence-corrected chi connectivity index (χ1v) is 8.57. The van der Waals surface area contributed by atoms with Gasteiger partial charge in [0.25, 0.3) is 0 Å². The molecule has 0 aliphatic heterocycles. The lowest BCUT2D eigenvalue weighted by molar-refractivity contribution is 0.597. The minimum absolute atomic E-state index is 0.124. The predicted molar refractivity (Wildman–Crippen MR) is 75.4 cm³/mol. The molecule has 1 rings (SSSR count). The van der Waals surface area contributed by atoms with Gasteiger partial charge in [-0.25, -0.2) is 8.42 Å². The van der Waals surface area contributed by atoms with Crippen LogP contribution in [0.1, 0.15) is 19.4 Å². The van der Waals surface area contributed by atoms with Crippen LogP contribution in [0.4, 0.5) is 0 Å². The zero-order chi connectivity index (χ0) is 13.6. The second kappa shape index (κ2) is 6.81. The second-order valence-corrected chi connectivity index (χ2v) is 7.69. The van der Waals surface area contributed by atoms with Crippen molar-refractivity contribution in [2.24, 2.45) is 5.92 Å². The topological polar surface area (TPSA) is 57.9 Å². The molecule has 0 saturated carbocycles. The Kier molecular flexibility index (Phi) is 5.70. The van der Waals surface area contributed by atoms with E-state index in [1.54, 1.807) is 30.0 Å². The summed E-state index contributed by atoms with van der Waals surface area (Å²) in [6.07, 6.45) is 0. The van der Waals surface area contributed by atoms with E-state index in [2.05, 4.69) is 13.8 Å². The summed E-state index contributed by atoms with van der Waals surface area (Å²) in [6, 6.07) is 8.14. The van der Waals surface area contributed by atoms with Crippen LogP contribution in [0.15, 0.2) is 29.2 Å². The molecule has 1 aromatic rings. The lowest BCUT2D eigenvalue weighted by Gasteiger charge is -2.06. The summed E-state index contributed by atoms with van der Waals surface area (Å²) in [6.45, 7) is 4.22. The molecule has 3 nitrogen and oxygen atoms in total. The van der Waals surface area contributed by atoms with Gasteiger partial charge in [-0.15, -0.1) is 0 Å². The Morgan fingerprint density at radius 1 is 1.39 bits per heavy atom. The maximum atomic E-state index is 12.0. The Morgan fingerprint density at radius 2 is 2.11 bits per heavy atom. The highest BCUT2D eigenvalue weighted by atomic mass is 32.2. The van der Waals surface area contributed by atoms with E-state index in [0.717, 1.165) is 5.75 Å². The molecule has 5 heteroatoms. The summed E-state index contributed by atoms with van der Waals surface area (Å²) in [5, 5.41) is 8.75. The highest BCUT2D eigenvalue weighted by molar-refractivity contribution is 8.00. The number of rotatable bonds is 6. The zero-order valence-corrected chi connectivity index (χ0v) is 12.2. The van der Waals surface area contributed by atoms with E-state index in [4.69, 9.17) is 5.26 Å². The summed E-state index contributed by atoms with van der Waals surface area (Å²) in [7, 11) is -3.26. The van der Waals surface area contributed by atoms with Crippen LogP contribution in [-0.4, -0.2) is 25.7 Å². The van der Waals surface area contributed by atoms with Gasteiger partial charge in [-0.05, 0) is 29.9 Å². The molecule has 0 spiro atoms. The fourth-order valence-electron chi connectivity index (χ4n) is 1.36. The Balaban J connectivity index is 2.66. The van der Waals surface area contributed by atoms with Gasteiger partial charge in [-0.1, -0.05) is 19.9 Å². The number of nitriles is 1. The number of hydrogen-bond donors (Lipinski definition) is 0. The fourth-order valence-corrected chi connectivity index (χ4v) is 4.18. The van der Waals surface area contributed by atoms with Crippen LogP contribution in [0, 0.1) is 17.2 Å². The minimum Gasteiger partial charge on any atom is -0.224 e. The Bertz CT molecular complexity index is 530. The fraction of sp³-hybridized carbons (Fsp3) is 0.462. The molecule has 0 radical (unpaired) electrons. The van der Waals surface area contributed by atoms with Crippen molar-refractivity contribution in [2.75, 3.05) is 17.3 Å². The van der Waals surface area contributed by atoms with E-state index in [1.807, 2.05) is 6.07 Å². The van der Waals surface area contributed by atoms with Crippen molar-refractivity contribution in [2.45, 2.75) is 18.7 Å². The van der Waals surface area contributed by atoms with Gasteiger partial charge in [0.15, 0.2) is 9.84 Å². The summed E-state index contributed by atoms with van der Waals surface area (Å²) >= 11 is 1.65. The molecule has 0 bridgehead atoms. The van der Waals surface area contributed by atoms with E-state index in [-0.39, 0.29) is 10.6 Å². The quantitative estimate of drug-likeness (QED) is 0.753. The highest BCUT2D eigenvalue weighted by Gasteiger charge is 2.14. The molecule has 0 fully saturated rings. The molecule has 0 atom stereocenters. The standard InChI is InChI=1S/C13H17NO2S2/c1-11(2)10-17-6-7-18(15,16)13-5-3-4-12(8-13)9-14/h3-5,8,11H,6-7,10H2,1-2H3. The Hall–Kier alpha value is -0.990. The van der Waals surface area contributed by atoms with Crippen LogP contribution in [0.25, 0.3) is 0 Å². The van der Waals surface area contributed by atoms with Crippen molar-refractivity contribution in [3.63, 3.8) is 0 Å². The zero-order valence-electron chi connectivity index (χ0n) is 10.6. The van der Waals surface area contributed by atoms with E-state index in [1.165, 1.54) is 6.07 Å². The van der Waals surface area contributed by atoms with Crippen molar-refractivity contribution < 1.29 is 8.42 Å². The molecule has 0 amide bonds. The van der Waals surface area contributed by atoms with E-state index in [9.17, 15) is 8.42 Å². The van der Waals surface area contributed by atoms with Crippen LogP contribution in [0.5, 0.6) is 0 Å². The molecule has 98 valence electrons. The van der Waals surface area contributed by atoms with E-state index >= 15 is 0 Å². The van der Waals surface area contributed by atoms with Gasteiger partial charge in [-0.2, -0.15) is 17.0 Å². The van der Waals surface area contributed by atoms with Crippen LogP contribution in [0.2, 0.25) is 0 Å². The Labute approximate surface area is 113 Å². The van der Waals surface area contributed by atoms with Crippen LogP contribution in [-0.2, 0) is 9.84 Å². The van der Waals surface area contributed by atoms with Crippen LogP contribution >= 0.6 is 11.8 Å². The summed E-state index contributed by atoms with van der Waals surface area (Å²) in [4.78, 5) is 0.242. The maximum Gasteiger partial charge on any atom is 0.179 e. The first kappa shape index (κ1) is 15.1. The third-order valence-corrected chi connectivity index (χ3v) is 5.64. The van der Waals surface area contributed by atoms with Gasteiger partial charge in [0.2, 0.25) is 0 Å². The van der Waals surface area contributed by atoms with Crippen molar-refractivity contribution in [1.29, 1.82) is 5.26 Å². The van der Waals surface area contributed by atoms with E-state index < -0.39 is 9.84 Å². The van der Waals surface area contributed by atoms with Gasteiger partial charge >= 0.3 is 0 Å². The second-order valence-electron chi connectivity index (χ2n) is 4.43. The number of nitrogens with zero attached hydrogens (tertiary/aromatic N) is 1. The van der Waals surface area contributed by atoms with Gasteiger partial charge in [0, 0.05) is 5.75 Å². The summed E-state index contributed by atoms with van der Waals surface area (Å²) in [5.74, 6) is 2.25. The van der Waals surface area contributed by atoms with Gasteiger partial charge in [-0.3, -0.25) is 0 Å². The molecule has 0 unspecified atom stereocenters. The van der Waals surface area contributed by atoms with Gasteiger partial charge in [0.1, 0.15) is 0 Å². The van der Waals surface area contributed by atoms with Crippen LogP contribution in [0.3, 0.4) is 0 Å². The lowest BCUT2D eigenvalue weighted by Crippen LogP contribution is -2.10. The molecule has 18 heavy (non-hydrogen) atoms. The number of hydrogen-bond acceptors (Lipinski definition) is 4. The molecule has 0 heterocycles. The smallest absolute Gasteiger partial charge is 0.179 e. The molecule has 1 aromatic carbocycles. The first-order chi connectivity index (χ1) is 8.45. The van der Waals surface area contributed by atoms with Crippen LogP contribution < -0.4 is 0 Å². The third-order valence-electron chi connectivity index (χ3n) is 2.27. The number of thioether (sulfide) groups is 1. The largest absolute Gasteiger partial charge is 0.224 e. The molecular weight excluding hydrogens is 266 g/mol. The minimum atomic E-state index is -3.26. The monoisotopic (exact) mass is 283 g/mol. The molecular formula is C13H17NO2S2. The van der Waals surface area contributed by atoms with Gasteiger partial charge in [0.05, 0.1) is 22.3 Å². The highest BCUT2D eigenvalue weighted by Crippen LogP contribution is 2.15. The average molecular weight is 283 g/mol. The van der Waals surface area contributed by atoms with E-state index in [0.29, 0.717) is 17.2 Å². The summed E-state index contributed by atoms with van der Waals surface area (Å²) < 4.78 is 24.0. The molecule has 0 saturated heterocycles. The molecule has 0 aliphatic carbocycles. The Morgan fingerprint density at radius 3 is 2.72 bits per heavy atom. The average Bonchev–Trinajstić information content (AvgIpc) is 2.34. The lowest BCUT2D eigenvalue weighted by atomic mass is 10.2. The SMILES string of the molecule is CC(C)CSCCS(=O)(=O)c1cccc(C#N)c1. The first-order valence-electron chi connectivity index (χ1n) is 5.76. The van der Waals surface area contributed by atoms with Crippen molar-refractivity contribution in [1.82, 2.24) is 0 Å². The van der Waals surface area contributed by atoms with Crippen molar-refractivity contribution in [3.8, 4) is 6.07 Å². The molecule has 0 N–H and O–H groups in total. The van der Waals surface area contributed by atoms with Crippen molar-refractivity contribution in [3.05, 3.63) is 29.8 Å². The normalized spacial score (nSPS) is 11.4. The maximum absolute atomic E-state index is 12.0. The number of benzene rings is 1. The predicted octanol–water partition coefficient (Wildman–Crippen LogP) is 2.72. The van der Waals surface area contributed by atoms with Gasteiger partial charge < -0.3 is 0 Å².